The number of hydrazine groups is 1. The molecule has 0 spiro atoms. The Morgan fingerprint density at radius 1 is 1.14 bits per heavy atom. The van der Waals surface area contributed by atoms with Crippen LogP contribution < -0.4 is 20.3 Å². The predicted octanol–water partition coefficient (Wildman–Crippen LogP) is 0.224. The summed E-state index contributed by atoms with van der Waals surface area (Å²) in [5.41, 5.74) is 5.34. The number of amides is 2. The van der Waals surface area contributed by atoms with Crippen molar-refractivity contribution in [2.45, 2.75) is 0 Å². The van der Waals surface area contributed by atoms with Crippen LogP contribution in [0.3, 0.4) is 0 Å². The molecule has 1 aromatic heterocycles. The van der Waals surface area contributed by atoms with Gasteiger partial charge in [-0.2, -0.15) is 5.10 Å². The predicted molar refractivity (Wildman–Crippen MR) is 70.7 cm³/mol. The summed E-state index contributed by atoms with van der Waals surface area (Å²) in [5, 5.41) is 3.87. The molecular weight excluding hydrogens is 276 g/mol. The van der Waals surface area contributed by atoms with Crippen LogP contribution in [0.2, 0.25) is 0 Å². The number of hydrogen-bond donors (Lipinski definition) is 2. The van der Waals surface area contributed by atoms with Crippen LogP contribution in [0.1, 0.15) is 20.7 Å². The Hall–Kier alpha value is -3.03. The van der Waals surface area contributed by atoms with Gasteiger partial charge in [0.15, 0.2) is 11.5 Å². The first-order chi connectivity index (χ1) is 10.1. The molecule has 1 aliphatic heterocycles. The molecule has 8 nitrogen and oxygen atoms in total. The molecule has 0 fully saturated rings. The summed E-state index contributed by atoms with van der Waals surface area (Å²) in [6.07, 6.45) is 2.95. The van der Waals surface area contributed by atoms with Crippen LogP contribution in [0.25, 0.3) is 0 Å². The van der Waals surface area contributed by atoms with E-state index in [2.05, 4.69) is 16.0 Å². The van der Waals surface area contributed by atoms with Crippen molar-refractivity contribution < 1.29 is 19.1 Å². The summed E-state index contributed by atoms with van der Waals surface area (Å²) in [4.78, 5) is 23.7. The highest BCUT2D eigenvalue weighted by Crippen LogP contribution is 2.32. The highest BCUT2D eigenvalue weighted by molar-refractivity contribution is 5.99. The molecule has 0 unspecified atom stereocenters. The van der Waals surface area contributed by atoms with Gasteiger partial charge in [-0.25, -0.2) is 0 Å². The molecule has 21 heavy (non-hydrogen) atoms. The van der Waals surface area contributed by atoms with E-state index in [4.69, 9.17) is 9.47 Å². The Labute approximate surface area is 119 Å². The van der Waals surface area contributed by atoms with Crippen molar-refractivity contribution in [1.29, 1.82) is 0 Å². The number of rotatable bonds is 2. The summed E-state index contributed by atoms with van der Waals surface area (Å²) < 4.78 is 11.8. The van der Waals surface area contributed by atoms with Gasteiger partial charge in [-0.1, -0.05) is 0 Å². The Morgan fingerprint density at radius 2 is 1.86 bits per heavy atom. The Morgan fingerprint density at radius 3 is 2.57 bits per heavy atom. The van der Waals surface area contributed by atoms with Gasteiger partial charge >= 0.3 is 0 Å². The Bertz CT molecular complexity index is 710. The third-order valence-electron chi connectivity index (χ3n) is 2.89. The lowest BCUT2D eigenvalue weighted by atomic mass is 10.2. The SMILES string of the molecule is Cn1cc(C(=O)NNC(=O)c2ccc3c(c2)OCO3)cn1. The van der Waals surface area contributed by atoms with E-state index in [9.17, 15) is 9.59 Å². The van der Waals surface area contributed by atoms with Crippen molar-refractivity contribution in [3.8, 4) is 11.5 Å². The van der Waals surface area contributed by atoms with E-state index in [1.165, 1.54) is 10.9 Å². The number of nitrogens with zero attached hydrogens (tertiary/aromatic N) is 2. The molecule has 108 valence electrons. The van der Waals surface area contributed by atoms with E-state index in [1.807, 2.05) is 0 Å². The normalized spacial score (nSPS) is 12.0. The van der Waals surface area contributed by atoms with Crippen molar-refractivity contribution in [2.75, 3.05) is 6.79 Å². The summed E-state index contributed by atoms with van der Waals surface area (Å²) in [6.45, 7) is 0.137. The number of nitrogens with one attached hydrogen (secondary N) is 2. The average Bonchev–Trinajstić information content (AvgIpc) is 3.12. The summed E-state index contributed by atoms with van der Waals surface area (Å²) in [7, 11) is 1.70. The summed E-state index contributed by atoms with van der Waals surface area (Å²) in [5.74, 6) is 0.190. The van der Waals surface area contributed by atoms with Crippen molar-refractivity contribution in [2.24, 2.45) is 7.05 Å². The van der Waals surface area contributed by atoms with E-state index < -0.39 is 11.8 Å². The number of ether oxygens (including phenoxy) is 2. The number of fused-ring (bicyclic) bond motifs is 1. The zero-order valence-corrected chi connectivity index (χ0v) is 11.1. The van der Waals surface area contributed by atoms with E-state index in [0.29, 0.717) is 22.6 Å². The lowest BCUT2D eigenvalue weighted by molar-refractivity contribution is 0.0846. The lowest BCUT2D eigenvalue weighted by Crippen LogP contribution is -2.41. The second-order valence-corrected chi connectivity index (χ2v) is 4.38. The van der Waals surface area contributed by atoms with E-state index >= 15 is 0 Å². The molecule has 0 radical (unpaired) electrons. The molecule has 0 aliphatic carbocycles. The molecule has 0 saturated carbocycles. The molecule has 1 aliphatic rings. The number of carbonyl (C=O) groups is 2. The smallest absolute Gasteiger partial charge is 0.272 e. The second-order valence-electron chi connectivity index (χ2n) is 4.38. The number of aryl methyl sites for hydroxylation is 1. The van der Waals surface area contributed by atoms with Crippen LogP contribution in [-0.4, -0.2) is 28.4 Å². The number of aromatic nitrogens is 2. The fraction of sp³-hybridized carbons (Fsp3) is 0.154. The zero-order valence-electron chi connectivity index (χ0n) is 11.1. The van der Waals surface area contributed by atoms with E-state index in [-0.39, 0.29) is 6.79 Å². The van der Waals surface area contributed by atoms with Gasteiger partial charge in [0.25, 0.3) is 11.8 Å². The summed E-state index contributed by atoms with van der Waals surface area (Å²) >= 11 is 0. The number of benzene rings is 1. The molecule has 2 aromatic rings. The minimum atomic E-state index is -0.453. The van der Waals surface area contributed by atoms with Crippen LogP contribution in [0.4, 0.5) is 0 Å². The van der Waals surface area contributed by atoms with Gasteiger partial charge in [-0.05, 0) is 18.2 Å². The zero-order chi connectivity index (χ0) is 14.8. The summed E-state index contributed by atoms with van der Waals surface area (Å²) in [6, 6.07) is 4.77. The van der Waals surface area contributed by atoms with Gasteiger partial charge in [0, 0.05) is 18.8 Å². The third kappa shape index (κ3) is 2.64. The fourth-order valence-corrected chi connectivity index (χ4v) is 1.83. The van der Waals surface area contributed by atoms with Crippen LogP contribution in [0, 0.1) is 0 Å². The molecule has 0 atom stereocenters. The molecular formula is C13H12N4O4. The Kier molecular flexibility index (Phi) is 3.19. The quantitative estimate of drug-likeness (QED) is 0.771. The maximum atomic E-state index is 11.9. The highest BCUT2D eigenvalue weighted by atomic mass is 16.7. The van der Waals surface area contributed by atoms with Crippen molar-refractivity contribution in [3.05, 3.63) is 41.7 Å². The van der Waals surface area contributed by atoms with E-state index in [1.54, 1.807) is 31.4 Å². The molecule has 2 N–H and O–H groups in total. The Balaban J connectivity index is 1.63. The van der Waals surface area contributed by atoms with Crippen molar-refractivity contribution in [3.63, 3.8) is 0 Å². The first-order valence-corrected chi connectivity index (χ1v) is 6.12. The first kappa shape index (κ1) is 13.0. The first-order valence-electron chi connectivity index (χ1n) is 6.12. The molecule has 3 rings (SSSR count). The highest BCUT2D eigenvalue weighted by Gasteiger charge is 2.16. The monoisotopic (exact) mass is 288 g/mol. The van der Waals surface area contributed by atoms with Gasteiger partial charge in [-0.15, -0.1) is 0 Å². The maximum Gasteiger partial charge on any atom is 0.272 e. The van der Waals surface area contributed by atoms with Crippen molar-refractivity contribution >= 4 is 11.8 Å². The van der Waals surface area contributed by atoms with Gasteiger partial charge in [0.05, 0.1) is 11.8 Å². The van der Waals surface area contributed by atoms with Crippen molar-refractivity contribution in [1.82, 2.24) is 20.6 Å². The molecule has 2 amide bonds. The van der Waals surface area contributed by atoms with Gasteiger partial charge in [0.1, 0.15) is 0 Å². The lowest BCUT2D eigenvalue weighted by Gasteiger charge is -2.06. The third-order valence-corrected chi connectivity index (χ3v) is 2.89. The average molecular weight is 288 g/mol. The number of hydrogen-bond acceptors (Lipinski definition) is 5. The van der Waals surface area contributed by atoms with Crippen LogP contribution >= 0.6 is 0 Å². The van der Waals surface area contributed by atoms with E-state index in [0.717, 1.165) is 0 Å². The maximum absolute atomic E-state index is 11.9. The molecule has 0 saturated heterocycles. The van der Waals surface area contributed by atoms with Crippen LogP contribution in [0.15, 0.2) is 30.6 Å². The standard InChI is InChI=1S/C13H12N4O4/c1-17-6-9(5-14-17)13(19)16-15-12(18)8-2-3-10-11(4-8)21-7-20-10/h2-6H,7H2,1H3,(H,15,18)(H,16,19). The van der Waals surface area contributed by atoms with Gasteiger partial charge < -0.3 is 9.47 Å². The van der Waals surface area contributed by atoms with Crippen LogP contribution in [0.5, 0.6) is 11.5 Å². The fourth-order valence-electron chi connectivity index (χ4n) is 1.83. The minimum absolute atomic E-state index is 0.137. The minimum Gasteiger partial charge on any atom is -0.454 e. The molecule has 2 heterocycles. The molecule has 0 bridgehead atoms. The molecule has 1 aromatic carbocycles. The topological polar surface area (TPSA) is 94.5 Å². The number of carbonyl (C=O) groups excluding carboxylic acids is 2. The molecule has 8 heteroatoms. The van der Waals surface area contributed by atoms with Crippen LogP contribution in [-0.2, 0) is 7.05 Å². The van der Waals surface area contributed by atoms with Gasteiger partial charge in [-0.3, -0.25) is 25.1 Å². The second kappa shape index (κ2) is 5.16. The van der Waals surface area contributed by atoms with Gasteiger partial charge in [0.2, 0.25) is 6.79 Å². The largest absolute Gasteiger partial charge is 0.454 e.